The van der Waals surface area contributed by atoms with Crippen LogP contribution in [0.2, 0.25) is 25.7 Å². The second-order valence-electron chi connectivity index (χ2n) is 16.3. The predicted octanol–water partition coefficient (Wildman–Crippen LogP) is 9.11. The van der Waals surface area contributed by atoms with Crippen molar-refractivity contribution >= 4 is 58.3 Å². The standard InChI is InChI=1S/C39H53N9O3SSi/c1-26-22-33(44-45-35(26)47(25-50-20-21-53(7,8)9)38-42-31-16-13-19-40-36(31)52-38)46(6)32-18-17-29(34(43-32)37(49)51-39(3,4)5)30-23-41-48(27(30)2)24-28-14-11-10-12-15-28/h13,16-19,22-23,28H,10-12,14-15,20-21,24-25H2,1-9H3. The smallest absolute Gasteiger partial charge is 0.358 e. The number of hydrogen-bond donors (Lipinski definition) is 0. The van der Waals surface area contributed by atoms with Gasteiger partial charge in [0.05, 0.1) is 6.20 Å². The Morgan fingerprint density at radius 1 is 1.02 bits per heavy atom. The summed E-state index contributed by atoms with van der Waals surface area (Å²) < 4.78 is 14.2. The zero-order chi connectivity index (χ0) is 37.9. The third kappa shape index (κ3) is 9.46. The van der Waals surface area contributed by atoms with Crippen molar-refractivity contribution in [1.82, 2.24) is 34.9 Å². The molecular formula is C39H53N9O3SSi. The summed E-state index contributed by atoms with van der Waals surface area (Å²) in [5.41, 5.74) is 3.82. The molecule has 282 valence electrons. The van der Waals surface area contributed by atoms with Crippen molar-refractivity contribution in [2.24, 2.45) is 5.92 Å². The number of fused-ring (bicyclic) bond motifs is 1. The van der Waals surface area contributed by atoms with Crippen LogP contribution >= 0.6 is 11.3 Å². The number of pyridine rings is 2. The maximum Gasteiger partial charge on any atom is 0.358 e. The molecule has 53 heavy (non-hydrogen) atoms. The average molecular weight is 756 g/mol. The Morgan fingerprint density at radius 3 is 2.49 bits per heavy atom. The molecule has 0 aromatic carbocycles. The molecule has 1 aliphatic rings. The van der Waals surface area contributed by atoms with Crippen molar-refractivity contribution in [3.63, 3.8) is 0 Å². The van der Waals surface area contributed by atoms with E-state index in [2.05, 4.69) is 41.3 Å². The maximum absolute atomic E-state index is 13.8. The molecule has 14 heteroatoms. The summed E-state index contributed by atoms with van der Waals surface area (Å²) in [7, 11) is 0.596. The van der Waals surface area contributed by atoms with Gasteiger partial charge in [-0.15, -0.1) is 10.2 Å². The molecule has 0 amide bonds. The van der Waals surface area contributed by atoms with Gasteiger partial charge in [0.2, 0.25) is 0 Å². The van der Waals surface area contributed by atoms with Gasteiger partial charge in [0.1, 0.15) is 28.5 Å². The highest BCUT2D eigenvalue weighted by Crippen LogP contribution is 2.35. The minimum Gasteiger partial charge on any atom is -0.455 e. The number of aromatic nitrogens is 7. The zero-order valence-corrected chi connectivity index (χ0v) is 34.5. The van der Waals surface area contributed by atoms with E-state index in [1.807, 2.05) is 81.1 Å². The molecular weight excluding hydrogens is 703 g/mol. The average Bonchev–Trinajstić information content (AvgIpc) is 3.70. The van der Waals surface area contributed by atoms with Gasteiger partial charge in [-0.2, -0.15) is 5.10 Å². The molecule has 0 saturated heterocycles. The van der Waals surface area contributed by atoms with Crippen LogP contribution in [-0.2, 0) is 16.0 Å². The normalized spacial score (nSPS) is 14.1. The van der Waals surface area contributed by atoms with Gasteiger partial charge < -0.3 is 14.4 Å². The highest BCUT2D eigenvalue weighted by atomic mass is 32.1. The number of nitrogens with zero attached hydrogens (tertiary/aromatic N) is 9. The van der Waals surface area contributed by atoms with Crippen molar-refractivity contribution in [2.75, 3.05) is 30.2 Å². The van der Waals surface area contributed by atoms with Crippen LogP contribution in [-0.4, -0.2) is 75.0 Å². The Morgan fingerprint density at radius 2 is 1.79 bits per heavy atom. The molecule has 0 radical (unpaired) electrons. The van der Waals surface area contributed by atoms with Crippen LogP contribution in [0.1, 0.15) is 74.6 Å². The minimum atomic E-state index is -1.27. The molecule has 5 aromatic heterocycles. The largest absolute Gasteiger partial charge is 0.455 e. The third-order valence-corrected chi connectivity index (χ3v) is 12.2. The van der Waals surface area contributed by atoms with E-state index in [0.717, 1.165) is 44.9 Å². The number of carbonyl (C=O) groups is 1. The number of rotatable bonds is 13. The summed E-state index contributed by atoms with van der Waals surface area (Å²) in [6.07, 6.45) is 9.95. The first-order valence-electron chi connectivity index (χ1n) is 18.6. The molecule has 6 rings (SSSR count). The van der Waals surface area contributed by atoms with Crippen LogP contribution in [0.15, 0.2) is 42.7 Å². The number of thiazole rings is 1. The Balaban J connectivity index is 1.30. The van der Waals surface area contributed by atoms with E-state index in [0.29, 0.717) is 35.5 Å². The first-order valence-corrected chi connectivity index (χ1v) is 23.1. The Bertz CT molecular complexity index is 2010. The monoisotopic (exact) mass is 755 g/mol. The molecule has 5 aromatic rings. The van der Waals surface area contributed by atoms with Crippen LogP contribution < -0.4 is 9.80 Å². The van der Waals surface area contributed by atoms with Gasteiger partial charge in [-0.05, 0) is 95.3 Å². The number of esters is 1. The second-order valence-corrected chi connectivity index (χ2v) is 22.8. The van der Waals surface area contributed by atoms with Crippen molar-refractivity contribution in [3.8, 4) is 11.1 Å². The first-order chi connectivity index (χ1) is 25.2. The van der Waals surface area contributed by atoms with Gasteiger partial charge in [0.15, 0.2) is 22.5 Å². The van der Waals surface area contributed by atoms with Crippen LogP contribution in [0.3, 0.4) is 0 Å². The van der Waals surface area contributed by atoms with Crippen molar-refractivity contribution in [2.45, 2.75) is 105 Å². The highest BCUT2D eigenvalue weighted by molar-refractivity contribution is 7.21. The minimum absolute atomic E-state index is 0.233. The molecule has 0 unspecified atom stereocenters. The van der Waals surface area contributed by atoms with Gasteiger partial charge in [0, 0.05) is 51.3 Å². The number of hydrogen-bond acceptors (Lipinski definition) is 12. The Hall–Kier alpha value is -4.27. The van der Waals surface area contributed by atoms with Crippen LogP contribution in [0.4, 0.5) is 22.6 Å². The Labute approximate surface area is 318 Å². The molecule has 1 fully saturated rings. The summed E-state index contributed by atoms with van der Waals surface area (Å²) in [6, 6.07) is 10.7. The number of carbonyl (C=O) groups excluding carboxylic acids is 1. The lowest BCUT2D eigenvalue weighted by molar-refractivity contribution is 0.00639. The van der Waals surface area contributed by atoms with E-state index in [1.165, 1.54) is 43.4 Å². The lowest BCUT2D eigenvalue weighted by atomic mass is 9.89. The number of aryl methyl sites for hydroxylation is 1. The summed E-state index contributed by atoms with van der Waals surface area (Å²) in [5, 5.41) is 14.9. The molecule has 1 aliphatic carbocycles. The molecule has 0 atom stereocenters. The van der Waals surface area contributed by atoms with E-state index >= 15 is 0 Å². The molecule has 0 N–H and O–H groups in total. The zero-order valence-electron chi connectivity index (χ0n) is 32.6. The van der Waals surface area contributed by atoms with Gasteiger partial charge in [0.25, 0.3) is 0 Å². The second kappa shape index (κ2) is 16.0. The van der Waals surface area contributed by atoms with E-state index in [9.17, 15) is 4.79 Å². The van der Waals surface area contributed by atoms with Gasteiger partial charge in [-0.3, -0.25) is 9.58 Å². The van der Waals surface area contributed by atoms with E-state index in [-0.39, 0.29) is 12.4 Å². The van der Waals surface area contributed by atoms with Gasteiger partial charge in [-0.1, -0.05) is 50.2 Å². The number of anilines is 4. The van der Waals surface area contributed by atoms with Crippen LogP contribution in [0.25, 0.3) is 21.5 Å². The van der Waals surface area contributed by atoms with E-state index in [4.69, 9.17) is 29.6 Å². The van der Waals surface area contributed by atoms with Crippen molar-refractivity contribution in [1.29, 1.82) is 0 Å². The van der Waals surface area contributed by atoms with Crippen LogP contribution in [0, 0.1) is 19.8 Å². The van der Waals surface area contributed by atoms with Crippen molar-refractivity contribution < 1.29 is 14.3 Å². The van der Waals surface area contributed by atoms with Gasteiger partial charge >= 0.3 is 5.97 Å². The molecule has 12 nitrogen and oxygen atoms in total. The van der Waals surface area contributed by atoms with Crippen LogP contribution in [0.5, 0.6) is 0 Å². The SMILES string of the molecule is Cc1cc(N(C)c2ccc(-c3cnn(CC4CCCCC4)c3C)c(C(=O)OC(C)(C)C)n2)nnc1N(COCC[Si](C)(C)C)c1nc2cccnc2s1. The summed E-state index contributed by atoms with van der Waals surface area (Å²) in [6.45, 7) is 18.5. The van der Waals surface area contributed by atoms with Crippen molar-refractivity contribution in [3.05, 3.63) is 59.7 Å². The fraction of sp³-hybridized carbons (Fsp3) is 0.513. The molecule has 0 spiro atoms. The molecule has 0 bridgehead atoms. The first kappa shape index (κ1) is 38.5. The maximum atomic E-state index is 13.8. The summed E-state index contributed by atoms with van der Waals surface area (Å²) >= 11 is 1.49. The fourth-order valence-electron chi connectivity index (χ4n) is 6.47. The van der Waals surface area contributed by atoms with E-state index in [1.54, 1.807) is 6.20 Å². The third-order valence-electron chi connectivity index (χ3n) is 9.51. The van der Waals surface area contributed by atoms with Gasteiger partial charge in [-0.25, -0.2) is 19.7 Å². The van der Waals surface area contributed by atoms with E-state index < -0.39 is 19.6 Å². The Kier molecular flexibility index (Phi) is 11.6. The topological polar surface area (TPSA) is 124 Å². The lowest BCUT2D eigenvalue weighted by Crippen LogP contribution is -2.27. The summed E-state index contributed by atoms with van der Waals surface area (Å²) in [4.78, 5) is 32.7. The quantitative estimate of drug-likeness (QED) is 0.0495. The number of ether oxygens (including phenoxy) is 2. The highest BCUT2D eigenvalue weighted by Gasteiger charge is 2.27. The summed E-state index contributed by atoms with van der Waals surface area (Å²) in [5.74, 6) is 1.89. The predicted molar refractivity (Wildman–Crippen MR) is 215 cm³/mol. The molecule has 1 saturated carbocycles. The fourth-order valence-corrected chi connectivity index (χ4v) is 8.13. The molecule has 5 heterocycles. The molecule has 0 aliphatic heterocycles. The lowest BCUT2D eigenvalue weighted by Gasteiger charge is -2.25.